The highest BCUT2D eigenvalue weighted by Crippen LogP contribution is 2.16. The van der Waals surface area contributed by atoms with Crippen molar-refractivity contribution in [3.8, 4) is 17.2 Å². The zero-order valence-electron chi connectivity index (χ0n) is 13.5. The van der Waals surface area contributed by atoms with Crippen LogP contribution in [0.1, 0.15) is 36.0 Å². The van der Waals surface area contributed by atoms with E-state index in [1.807, 2.05) is 0 Å². The number of aromatic hydroxyl groups is 1. The number of aromatic carboxylic acids is 1. The van der Waals surface area contributed by atoms with Crippen molar-refractivity contribution in [1.82, 2.24) is 0 Å². The highest BCUT2D eigenvalue weighted by atomic mass is 16.5. The minimum atomic E-state index is -0.934. The second kappa shape index (κ2) is 9.45. The van der Waals surface area contributed by atoms with Crippen molar-refractivity contribution < 1.29 is 24.5 Å². The molecule has 0 atom stereocenters. The van der Waals surface area contributed by atoms with Crippen LogP contribution < -0.4 is 9.47 Å². The first-order valence-corrected chi connectivity index (χ1v) is 8.03. The molecule has 24 heavy (non-hydrogen) atoms. The summed E-state index contributed by atoms with van der Waals surface area (Å²) < 4.78 is 11.2. The minimum absolute atomic E-state index is 0.236. The van der Waals surface area contributed by atoms with Crippen molar-refractivity contribution >= 4 is 5.97 Å². The normalized spacial score (nSPS) is 10.3. The van der Waals surface area contributed by atoms with Crippen LogP contribution in [0.25, 0.3) is 0 Å². The average Bonchev–Trinajstić information content (AvgIpc) is 2.59. The van der Waals surface area contributed by atoms with Crippen molar-refractivity contribution in [2.45, 2.75) is 25.7 Å². The summed E-state index contributed by atoms with van der Waals surface area (Å²) in [7, 11) is 0. The Hall–Kier alpha value is -2.69. The van der Waals surface area contributed by atoms with Crippen LogP contribution in [0.3, 0.4) is 0 Å². The summed E-state index contributed by atoms with van der Waals surface area (Å²) in [6.07, 6.45) is 4.01. The van der Waals surface area contributed by atoms with Crippen LogP contribution in [-0.2, 0) is 0 Å². The maximum absolute atomic E-state index is 10.7. The molecule has 0 heterocycles. The molecular weight excluding hydrogens is 308 g/mol. The van der Waals surface area contributed by atoms with E-state index in [-0.39, 0.29) is 11.3 Å². The van der Waals surface area contributed by atoms with E-state index >= 15 is 0 Å². The average molecular weight is 330 g/mol. The van der Waals surface area contributed by atoms with E-state index in [0.717, 1.165) is 31.4 Å². The SMILES string of the molecule is O=C(O)c1ccc(OCCCCCCOc2ccc(O)cc2)cc1. The summed E-state index contributed by atoms with van der Waals surface area (Å²) >= 11 is 0. The van der Waals surface area contributed by atoms with E-state index in [1.165, 1.54) is 0 Å². The van der Waals surface area contributed by atoms with Crippen molar-refractivity contribution in [2.75, 3.05) is 13.2 Å². The van der Waals surface area contributed by atoms with Crippen LogP contribution in [0.5, 0.6) is 17.2 Å². The number of ether oxygens (including phenoxy) is 2. The van der Waals surface area contributed by atoms with Crippen LogP contribution >= 0.6 is 0 Å². The van der Waals surface area contributed by atoms with Crippen LogP contribution in [0.4, 0.5) is 0 Å². The summed E-state index contributed by atoms with van der Waals surface area (Å²) in [6.45, 7) is 1.27. The number of benzene rings is 2. The van der Waals surface area contributed by atoms with Gasteiger partial charge in [-0.05, 0) is 74.2 Å². The minimum Gasteiger partial charge on any atom is -0.508 e. The molecule has 0 aromatic heterocycles. The molecule has 0 bridgehead atoms. The summed E-state index contributed by atoms with van der Waals surface area (Å²) in [4.78, 5) is 10.7. The largest absolute Gasteiger partial charge is 0.508 e. The molecule has 0 saturated heterocycles. The quantitative estimate of drug-likeness (QED) is 0.641. The van der Waals surface area contributed by atoms with Gasteiger partial charge in [0, 0.05) is 0 Å². The number of carboxylic acids is 1. The molecule has 0 unspecified atom stereocenters. The smallest absolute Gasteiger partial charge is 0.335 e. The second-order valence-corrected chi connectivity index (χ2v) is 5.43. The van der Waals surface area contributed by atoms with Gasteiger partial charge in [-0.2, -0.15) is 0 Å². The fourth-order valence-electron chi connectivity index (χ4n) is 2.17. The number of hydrogen-bond donors (Lipinski definition) is 2. The Morgan fingerprint density at radius 2 is 1.21 bits per heavy atom. The highest BCUT2D eigenvalue weighted by Gasteiger charge is 2.02. The third kappa shape index (κ3) is 6.20. The number of carbonyl (C=O) groups is 1. The summed E-state index contributed by atoms with van der Waals surface area (Å²) in [5, 5.41) is 18.0. The predicted octanol–water partition coefficient (Wildman–Crippen LogP) is 4.11. The molecule has 5 heteroatoms. The lowest BCUT2D eigenvalue weighted by molar-refractivity contribution is 0.0697. The predicted molar refractivity (Wildman–Crippen MR) is 91.0 cm³/mol. The first kappa shape index (κ1) is 17.7. The van der Waals surface area contributed by atoms with Gasteiger partial charge in [0.2, 0.25) is 0 Å². The van der Waals surface area contributed by atoms with Gasteiger partial charge in [-0.25, -0.2) is 4.79 Å². The van der Waals surface area contributed by atoms with E-state index in [4.69, 9.17) is 14.6 Å². The van der Waals surface area contributed by atoms with E-state index in [0.29, 0.717) is 19.0 Å². The van der Waals surface area contributed by atoms with Crippen molar-refractivity contribution in [2.24, 2.45) is 0 Å². The second-order valence-electron chi connectivity index (χ2n) is 5.43. The van der Waals surface area contributed by atoms with Crippen LogP contribution in [0.15, 0.2) is 48.5 Å². The van der Waals surface area contributed by atoms with E-state index in [2.05, 4.69) is 0 Å². The molecule has 2 rings (SSSR count). The third-order valence-electron chi connectivity index (χ3n) is 3.51. The number of unbranched alkanes of at least 4 members (excludes halogenated alkanes) is 3. The number of carboxylic acid groups (broad SMARTS) is 1. The zero-order chi connectivity index (χ0) is 17.2. The molecule has 2 N–H and O–H groups in total. The van der Waals surface area contributed by atoms with Crippen LogP contribution in [0.2, 0.25) is 0 Å². The van der Waals surface area contributed by atoms with E-state index in [1.54, 1.807) is 48.5 Å². The molecule has 0 aliphatic heterocycles. The highest BCUT2D eigenvalue weighted by molar-refractivity contribution is 5.87. The Morgan fingerprint density at radius 3 is 1.67 bits per heavy atom. The fraction of sp³-hybridized carbons (Fsp3) is 0.316. The summed E-state index contributed by atoms with van der Waals surface area (Å²) in [5.74, 6) is 0.757. The lowest BCUT2D eigenvalue weighted by Gasteiger charge is -2.07. The van der Waals surface area contributed by atoms with Gasteiger partial charge in [0.05, 0.1) is 18.8 Å². The third-order valence-corrected chi connectivity index (χ3v) is 3.51. The molecule has 2 aromatic rings. The lowest BCUT2D eigenvalue weighted by atomic mass is 10.2. The molecule has 0 aliphatic carbocycles. The van der Waals surface area contributed by atoms with Gasteiger partial charge in [-0.1, -0.05) is 0 Å². The van der Waals surface area contributed by atoms with Gasteiger partial charge < -0.3 is 19.7 Å². The maximum atomic E-state index is 10.7. The molecule has 0 spiro atoms. The molecule has 0 fully saturated rings. The summed E-state index contributed by atoms with van der Waals surface area (Å²) in [5.41, 5.74) is 0.260. The molecule has 0 radical (unpaired) electrons. The molecule has 0 aliphatic rings. The van der Waals surface area contributed by atoms with Crippen molar-refractivity contribution in [3.63, 3.8) is 0 Å². The first-order chi connectivity index (χ1) is 11.6. The zero-order valence-corrected chi connectivity index (χ0v) is 13.5. The Bertz CT molecular complexity index is 619. The molecule has 2 aromatic carbocycles. The number of phenolic OH excluding ortho intramolecular Hbond substituents is 1. The van der Waals surface area contributed by atoms with E-state index < -0.39 is 5.97 Å². The number of phenols is 1. The van der Waals surface area contributed by atoms with Gasteiger partial charge in [0.1, 0.15) is 17.2 Å². The van der Waals surface area contributed by atoms with Crippen molar-refractivity contribution in [1.29, 1.82) is 0 Å². The van der Waals surface area contributed by atoms with Gasteiger partial charge in [0.25, 0.3) is 0 Å². The topological polar surface area (TPSA) is 76.0 Å². The molecule has 0 saturated carbocycles. The Balaban J connectivity index is 1.50. The van der Waals surface area contributed by atoms with Gasteiger partial charge in [-0.3, -0.25) is 0 Å². The number of rotatable bonds is 10. The van der Waals surface area contributed by atoms with Gasteiger partial charge in [-0.15, -0.1) is 0 Å². The number of hydrogen-bond acceptors (Lipinski definition) is 4. The van der Waals surface area contributed by atoms with Gasteiger partial charge in [0.15, 0.2) is 0 Å². The molecule has 0 amide bonds. The molecule has 5 nitrogen and oxygen atoms in total. The maximum Gasteiger partial charge on any atom is 0.335 e. The van der Waals surface area contributed by atoms with E-state index in [9.17, 15) is 9.90 Å². The van der Waals surface area contributed by atoms with Crippen LogP contribution in [-0.4, -0.2) is 29.4 Å². The Labute approximate surface area is 141 Å². The first-order valence-electron chi connectivity index (χ1n) is 8.03. The fourth-order valence-corrected chi connectivity index (χ4v) is 2.17. The van der Waals surface area contributed by atoms with Gasteiger partial charge >= 0.3 is 5.97 Å². The lowest BCUT2D eigenvalue weighted by Crippen LogP contribution is -2.00. The molecular formula is C19H22O5. The van der Waals surface area contributed by atoms with Crippen molar-refractivity contribution in [3.05, 3.63) is 54.1 Å². The Kier molecular flexibility index (Phi) is 6.95. The van der Waals surface area contributed by atoms with Crippen LogP contribution in [0, 0.1) is 0 Å². The summed E-state index contributed by atoms with van der Waals surface area (Å²) in [6, 6.07) is 13.1. The molecule has 128 valence electrons. The Morgan fingerprint density at radius 1 is 0.750 bits per heavy atom. The standard InChI is InChI=1S/C19H22O5/c20-16-7-11-18(12-8-16)24-14-4-2-1-3-13-23-17-9-5-15(6-10-17)19(21)22/h5-12,20H,1-4,13-14H2,(H,21,22). The monoisotopic (exact) mass is 330 g/mol.